The fraction of sp³-hybridized carbons (Fsp3) is 0.478. The molecule has 5 aromatic rings. The molecule has 2 aromatic carbocycles. The van der Waals surface area contributed by atoms with Crippen molar-refractivity contribution in [2.75, 3.05) is 66.0 Å². The van der Waals surface area contributed by atoms with Crippen LogP contribution in [0.15, 0.2) is 53.5 Å². The predicted molar refractivity (Wildman–Crippen MR) is 256 cm³/mol. The number of anilines is 2. The topological polar surface area (TPSA) is 137 Å². The molecule has 0 fully saturated rings. The standard InChI is InChI=1S/C46H61FN8O6S2Si/c1-32-29-39(50-51-41(32)49-44-55(31-59-27-28-64(9,10)11)35-18-12-13-19-37(35)62-44)54(25-16-23-52(5)6)43-48-40(42(56)58-8)38(63-43)20-15-26-60-36-22-21-33(30-34(36)47)17-14-24-53(7)45(57)61-46(2,3)4/h12-13,18-19,21-22,29-30H,15-16,20,23-28,31H2,1-11H3/b49-44-. The molecule has 18 heteroatoms. The summed E-state index contributed by atoms with van der Waals surface area (Å²) in [6.45, 7) is 17.1. The molecule has 0 aliphatic rings. The van der Waals surface area contributed by atoms with Crippen molar-refractivity contribution in [2.24, 2.45) is 4.99 Å². The average Bonchev–Trinajstić information content (AvgIpc) is 3.80. The van der Waals surface area contributed by atoms with Gasteiger partial charge in [-0.15, -0.1) is 21.5 Å². The molecule has 0 saturated heterocycles. The summed E-state index contributed by atoms with van der Waals surface area (Å²) in [6.07, 6.45) is 1.20. The second-order valence-corrected chi connectivity index (χ2v) is 25.4. The smallest absolute Gasteiger partial charge is 0.410 e. The fourth-order valence-corrected chi connectivity index (χ4v) is 8.97. The Balaban J connectivity index is 1.32. The van der Waals surface area contributed by atoms with Gasteiger partial charge in [0.15, 0.2) is 38.8 Å². The fourth-order valence-electron chi connectivity index (χ4n) is 6.07. The van der Waals surface area contributed by atoms with Gasteiger partial charge in [0, 0.05) is 38.7 Å². The van der Waals surface area contributed by atoms with Crippen LogP contribution in [-0.2, 0) is 27.4 Å². The summed E-state index contributed by atoms with van der Waals surface area (Å²) in [5, 5.41) is 9.87. The van der Waals surface area contributed by atoms with Crippen LogP contribution >= 0.6 is 22.7 Å². The zero-order chi connectivity index (χ0) is 46.6. The summed E-state index contributed by atoms with van der Waals surface area (Å²) >= 11 is 2.96. The summed E-state index contributed by atoms with van der Waals surface area (Å²) < 4.78 is 40.7. The Bertz CT molecular complexity index is 2520. The number of hydrogen-bond acceptors (Lipinski definition) is 14. The number of benzene rings is 2. The minimum absolute atomic E-state index is 0.0822. The maximum atomic E-state index is 15.1. The Labute approximate surface area is 385 Å². The van der Waals surface area contributed by atoms with E-state index < -0.39 is 31.6 Å². The van der Waals surface area contributed by atoms with E-state index in [1.54, 1.807) is 45.2 Å². The lowest BCUT2D eigenvalue weighted by Gasteiger charge is -2.23. The van der Waals surface area contributed by atoms with Crippen LogP contribution in [0.2, 0.25) is 25.7 Å². The van der Waals surface area contributed by atoms with E-state index >= 15 is 4.39 Å². The number of carbonyl (C=O) groups is 2. The molecule has 5 rings (SSSR count). The summed E-state index contributed by atoms with van der Waals surface area (Å²) in [6, 6.07) is 15.7. The van der Waals surface area contributed by atoms with Crippen LogP contribution in [0.3, 0.4) is 0 Å². The third-order valence-electron chi connectivity index (χ3n) is 9.50. The molecule has 0 N–H and O–H groups in total. The minimum atomic E-state index is -1.25. The minimum Gasteiger partial charge on any atom is -0.491 e. The second-order valence-electron chi connectivity index (χ2n) is 17.8. The van der Waals surface area contributed by atoms with E-state index in [4.69, 9.17) is 28.9 Å². The lowest BCUT2D eigenvalue weighted by atomic mass is 10.2. The zero-order valence-electron chi connectivity index (χ0n) is 38.9. The predicted octanol–water partition coefficient (Wildman–Crippen LogP) is 9.05. The Morgan fingerprint density at radius 2 is 1.75 bits per heavy atom. The lowest BCUT2D eigenvalue weighted by molar-refractivity contribution is 0.0320. The van der Waals surface area contributed by atoms with Gasteiger partial charge < -0.3 is 33.6 Å². The molecule has 0 unspecified atom stereocenters. The van der Waals surface area contributed by atoms with Crippen molar-refractivity contribution >= 4 is 69.8 Å². The van der Waals surface area contributed by atoms with Gasteiger partial charge in [-0.25, -0.2) is 19.0 Å². The molecule has 344 valence electrons. The Morgan fingerprint density at radius 3 is 2.44 bits per heavy atom. The molecule has 3 heterocycles. The van der Waals surface area contributed by atoms with Crippen LogP contribution in [-0.4, -0.2) is 116 Å². The second kappa shape index (κ2) is 22.6. The van der Waals surface area contributed by atoms with Gasteiger partial charge in [0.1, 0.15) is 12.3 Å². The molecule has 0 radical (unpaired) electrons. The first kappa shape index (κ1) is 49.8. The van der Waals surface area contributed by atoms with Gasteiger partial charge in [-0.1, -0.05) is 55.0 Å². The summed E-state index contributed by atoms with van der Waals surface area (Å²) in [7, 11) is 5.71. The molecule has 0 spiro atoms. The molecule has 14 nitrogen and oxygen atoms in total. The van der Waals surface area contributed by atoms with Crippen molar-refractivity contribution in [1.29, 1.82) is 0 Å². The average molecular weight is 933 g/mol. The van der Waals surface area contributed by atoms with Crippen molar-refractivity contribution in [1.82, 2.24) is 29.5 Å². The van der Waals surface area contributed by atoms with Gasteiger partial charge in [-0.3, -0.25) is 4.57 Å². The number of halogens is 1. The number of carbonyl (C=O) groups excluding carboxylic acids is 2. The normalized spacial score (nSPS) is 12.0. The number of aromatic nitrogens is 4. The van der Waals surface area contributed by atoms with E-state index in [0.717, 1.165) is 39.6 Å². The van der Waals surface area contributed by atoms with Crippen molar-refractivity contribution in [3.63, 3.8) is 0 Å². The van der Waals surface area contributed by atoms with Gasteiger partial charge in [0.05, 0.1) is 30.5 Å². The van der Waals surface area contributed by atoms with Crippen LogP contribution in [0.25, 0.3) is 10.2 Å². The molecule has 3 aromatic heterocycles. The lowest BCUT2D eigenvalue weighted by Crippen LogP contribution is -2.34. The third-order valence-corrected chi connectivity index (χ3v) is 13.4. The van der Waals surface area contributed by atoms with Crippen LogP contribution in [0, 0.1) is 24.6 Å². The van der Waals surface area contributed by atoms with Gasteiger partial charge in [-0.2, -0.15) is 4.99 Å². The number of thiazole rings is 2. The number of aryl methyl sites for hydroxylation is 2. The highest BCUT2D eigenvalue weighted by molar-refractivity contribution is 7.16. The third kappa shape index (κ3) is 14.7. The quantitative estimate of drug-likeness (QED) is 0.0340. The van der Waals surface area contributed by atoms with Gasteiger partial charge in [0.2, 0.25) is 0 Å². The molecule has 0 aliphatic carbocycles. The number of rotatable bonds is 19. The molecule has 1 amide bonds. The number of fused-ring (bicyclic) bond motifs is 1. The van der Waals surface area contributed by atoms with E-state index in [2.05, 4.69) is 63.3 Å². The van der Waals surface area contributed by atoms with Crippen molar-refractivity contribution in [3.05, 3.63) is 80.8 Å². The molecule has 64 heavy (non-hydrogen) atoms. The van der Waals surface area contributed by atoms with E-state index in [1.807, 2.05) is 44.1 Å². The van der Waals surface area contributed by atoms with E-state index in [9.17, 15) is 9.59 Å². The maximum absolute atomic E-state index is 15.1. The highest BCUT2D eigenvalue weighted by atomic mass is 32.1. The Hall–Kier alpha value is -5.19. The van der Waals surface area contributed by atoms with Gasteiger partial charge >= 0.3 is 12.1 Å². The molecular formula is C46H61FN8O6S2Si. The van der Waals surface area contributed by atoms with Crippen molar-refractivity contribution < 1.29 is 32.9 Å². The number of nitrogens with zero attached hydrogens (tertiary/aromatic N) is 8. The Kier molecular flexibility index (Phi) is 17.6. The molecule has 0 aliphatic heterocycles. The first-order valence-electron chi connectivity index (χ1n) is 21.2. The highest BCUT2D eigenvalue weighted by Crippen LogP contribution is 2.34. The van der Waals surface area contributed by atoms with E-state index in [1.165, 1.54) is 35.5 Å². The molecule has 0 atom stereocenters. The summed E-state index contributed by atoms with van der Waals surface area (Å²) in [4.78, 5) is 42.0. The molecule has 0 saturated carbocycles. The molecular weight excluding hydrogens is 872 g/mol. The number of para-hydroxylation sites is 1. The zero-order valence-corrected chi connectivity index (χ0v) is 41.5. The van der Waals surface area contributed by atoms with Crippen LogP contribution in [0.5, 0.6) is 5.75 Å². The monoisotopic (exact) mass is 932 g/mol. The van der Waals surface area contributed by atoms with Crippen LogP contribution < -0.4 is 14.4 Å². The molecule has 0 bridgehead atoms. The Morgan fingerprint density at radius 1 is 0.984 bits per heavy atom. The maximum Gasteiger partial charge on any atom is 0.410 e. The summed E-state index contributed by atoms with van der Waals surface area (Å²) in [5.41, 5.74) is 1.91. The number of esters is 1. The van der Waals surface area contributed by atoms with Crippen molar-refractivity contribution in [2.45, 2.75) is 85.0 Å². The number of ether oxygens (including phenoxy) is 4. The first-order chi connectivity index (χ1) is 30.3. The van der Waals surface area contributed by atoms with Gasteiger partial charge in [-0.05, 0) is 116 Å². The van der Waals surface area contributed by atoms with Crippen LogP contribution in [0.1, 0.15) is 60.1 Å². The largest absolute Gasteiger partial charge is 0.491 e. The van der Waals surface area contributed by atoms with E-state index in [0.29, 0.717) is 59.9 Å². The number of hydrogen-bond donors (Lipinski definition) is 0. The number of amides is 1. The highest BCUT2D eigenvalue weighted by Gasteiger charge is 2.25. The van der Waals surface area contributed by atoms with E-state index in [-0.39, 0.29) is 24.6 Å². The van der Waals surface area contributed by atoms with Crippen molar-refractivity contribution in [3.8, 4) is 17.6 Å². The SMILES string of the molecule is COC(=O)c1nc(N(CCCN(C)C)c2cc(C)c(/N=c3\sc4ccccc4n3COCC[Si](C)(C)C)nn2)sc1CCCOc1ccc(C#CCN(C)C(=O)OC(C)(C)C)cc1F. The summed E-state index contributed by atoms with van der Waals surface area (Å²) in [5.74, 6) is 5.80. The number of methoxy groups -OCH3 is 1. The van der Waals surface area contributed by atoms with Gasteiger partial charge in [0.25, 0.3) is 0 Å². The first-order valence-corrected chi connectivity index (χ1v) is 26.6. The van der Waals surface area contributed by atoms with Crippen LogP contribution in [0.4, 0.5) is 26.0 Å².